The Hall–Kier alpha value is -0.860. The molecule has 2 fully saturated rings. The van der Waals surface area contributed by atoms with Gasteiger partial charge in [0, 0.05) is 7.11 Å². The van der Waals surface area contributed by atoms with E-state index in [1.807, 2.05) is 0 Å². The van der Waals surface area contributed by atoms with Gasteiger partial charge in [-0.15, -0.1) is 0 Å². The molecule has 0 amide bonds. The van der Waals surface area contributed by atoms with Crippen LogP contribution in [-0.4, -0.2) is 20.2 Å². The molecule has 1 saturated heterocycles. The molecule has 2 atom stereocenters. The van der Waals surface area contributed by atoms with E-state index in [2.05, 4.69) is 29.6 Å². The number of piperidine rings is 1. The highest BCUT2D eigenvalue weighted by molar-refractivity contribution is 5.31. The lowest BCUT2D eigenvalue weighted by Crippen LogP contribution is -2.39. The van der Waals surface area contributed by atoms with Gasteiger partial charge in [0.2, 0.25) is 0 Å². The first-order chi connectivity index (χ1) is 9.90. The molecule has 2 heteroatoms. The summed E-state index contributed by atoms with van der Waals surface area (Å²) >= 11 is 0. The van der Waals surface area contributed by atoms with E-state index in [1.165, 1.54) is 44.2 Å². The summed E-state index contributed by atoms with van der Waals surface area (Å²) in [7, 11) is 1.80. The molecule has 1 heterocycles. The summed E-state index contributed by atoms with van der Waals surface area (Å²) in [4.78, 5) is 0. The molecule has 20 heavy (non-hydrogen) atoms. The molecule has 3 rings (SSSR count). The summed E-state index contributed by atoms with van der Waals surface area (Å²) < 4.78 is 5.40. The van der Waals surface area contributed by atoms with E-state index < -0.39 is 0 Å². The zero-order chi connectivity index (χ0) is 13.8. The normalized spacial score (nSPS) is 27.9. The maximum atomic E-state index is 5.40. The molecular formula is C18H27NO. The van der Waals surface area contributed by atoms with Gasteiger partial charge in [-0.25, -0.2) is 0 Å². The van der Waals surface area contributed by atoms with E-state index in [0.717, 1.165) is 30.9 Å². The van der Waals surface area contributed by atoms with Crippen molar-refractivity contribution in [2.24, 2.45) is 11.8 Å². The number of ether oxygens (including phenoxy) is 1. The fourth-order valence-corrected chi connectivity index (χ4v) is 4.33. The predicted molar refractivity (Wildman–Crippen MR) is 82.8 cm³/mol. The van der Waals surface area contributed by atoms with E-state index in [1.54, 1.807) is 12.7 Å². The van der Waals surface area contributed by atoms with E-state index in [4.69, 9.17) is 4.74 Å². The van der Waals surface area contributed by atoms with Crippen molar-refractivity contribution in [1.29, 1.82) is 0 Å². The van der Waals surface area contributed by atoms with Gasteiger partial charge >= 0.3 is 0 Å². The Balaban J connectivity index is 1.85. The van der Waals surface area contributed by atoms with Crippen LogP contribution in [0.15, 0.2) is 24.3 Å². The third-order valence-corrected chi connectivity index (χ3v) is 5.29. The van der Waals surface area contributed by atoms with Gasteiger partial charge < -0.3 is 10.1 Å². The highest BCUT2D eigenvalue weighted by Crippen LogP contribution is 2.42. The number of rotatable bonds is 4. The highest BCUT2D eigenvalue weighted by Gasteiger charge is 2.34. The molecule has 1 aromatic rings. The highest BCUT2D eigenvalue weighted by atomic mass is 16.5. The molecule has 2 aliphatic rings. The second-order valence-electron chi connectivity index (χ2n) is 6.44. The van der Waals surface area contributed by atoms with Crippen molar-refractivity contribution in [3.05, 3.63) is 35.4 Å². The minimum atomic E-state index is 0.727. The number of methoxy groups -OCH3 is 1. The first kappa shape index (κ1) is 14.1. The SMILES string of the molecule is COCc1ccccc1C1CCNCC1C1CCCC1. The van der Waals surface area contributed by atoms with Gasteiger partial charge in [0.25, 0.3) is 0 Å². The molecule has 1 N–H and O–H groups in total. The van der Waals surface area contributed by atoms with Crippen molar-refractivity contribution in [3.63, 3.8) is 0 Å². The van der Waals surface area contributed by atoms with Gasteiger partial charge in [-0.1, -0.05) is 49.9 Å². The molecule has 0 aromatic heterocycles. The van der Waals surface area contributed by atoms with E-state index in [-0.39, 0.29) is 0 Å². The van der Waals surface area contributed by atoms with Crippen LogP contribution >= 0.6 is 0 Å². The summed E-state index contributed by atoms with van der Waals surface area (Å²) in [6.07, 6.45) is 7.04. The van der Waals surface area contributed by atoms with Gasteiger partial charge in [0.05, 0.1) is 6.61 Å². The Labute approximate surface area is 122 Å². The van der Waals surface area contributed by atoms with Crippen LogP contribution in [0.4, 0.5) is 0 Å². The summed E-state index contributed by atoms with van der Waals surface area (Å²) in [5.41, 5.74) is 2.94. The van der Waals surface area contributed by atoms with Crippen molar-refractivity contribution in [3.8, 4) is 0 Å². The molecule has 1 aliphatic heterocycles. The lowest BCUT2D eigenvalue weighted by Gasteiger charge is -2.37. The summed E-state index contributed by atoms with van der Waals surface area (Å²) in [5, 5.41) is 3.63. The third kappa shape index (κ3) is 2.91. The standard InChI is InChI=1S/C18H27NO/c1-20-13-15-8-4-5-9-16(15)17-10-11-19-12-18(17)14-6-2-3-7-14/h4-5,8-9,14,17-19H,2-3,6-7,10-13H2,1H3. The molecule has 0 spiro atoms. The van der Waals surface area contributed by atoms with E-state index in [9.17, 15) is 0 Å². The fraction of sp³-hybridized carbons (Fsp3) is 0.667. The van der Waals surface area contributed by atoms with Crippen molar-refractivity contribution in [2.45, 2.75) is 44.6 Å². The van der Waals surface area contributed by atoms with Crippen molar-refractivity contribution < 1.29 is 4.74 Å². The number of hydrogen-bond acceptors (Lipinski definition) is 2. The average Bonchev–Trinajstić information content (AvgIpc) is 3.02. The summed E-state index contributed by atoms with van der Waals surface area (Å²) in [5.74, 6) is 2.48. The number of benzene rings is 1. The minimum Gasteiger partial charge on any atom is -0.380 e. The maximum absolute atomic E-state index is 5.40. The predicted octanol–water partition coefficient (Wildman–Crippen LogP) is 3.72. The Bertz CT molecular complexity index is 425. The van der Waals surface area contributed by atoms with Crippen LogP contribution in [0.25, 0.3) is 0 Å². The van der Waals surface area contributed by atoms with E-state index in [0.29, 0.717) is 0 Å². The zero-order valence-electron chi connectivity index (χ0n) is 12.6. The quantitative estimate of drug-likeness (QED) is 0.903. The lowest BCUT2D eigenvalue weighted by atomic mass is 9.72. The average molecular weight is 273 g/mol. The second-order valence-corrected chi connectivity index (χ2v) is 6.44. The Morgan fingerprint density at radius 3 is 2.75 bits per heavy atom. The molecule has 1 saturated carbocycles. The van der Waals surface area contributed by atoms with Gasteiger partial charge in [-0.2, -0.15) is 0 Å². The van der Waals surface area contributed by atoms with Crippen LogP contribution in [0.3, 0.4) is 0 Å². The molecule has 1 aliphatic carbocycles. The van der Waals surface area contributed by atoms with Crippen LogP contribution in [-0.2, 0) is 11.3 Å². The topological polar surface area (TPSA) is 21.3 Å². The van der Waals surface area contributed by atoms with Crippen LogP contribution in [0.2, 0.25) is 0 Å². The van der Waals surface area contributed by atoms with Gasteiger partial charge in [0.15, 0.2) is 0 Å². The lowest BCUT2D eigenvalue weighted by molar-refractivity contribution is 0.180. The Kier molecular flexibility index (Phi) is 4.74. The molecular weight excluding hydrogens is 246 g/mol. The van der Waals surface area contributed by atoms with Gasteiger partial charge in [-0.3, -0.25) is 0 Å². The summed E-state index contributed by atoms with van der Waals surface area (Å²) in [6, 6.07) is 8.92. The largest absolute Gasteiger partial charge is 0.380 e. The first-order valence-corrected chi connectivity index (χ1v) is 8.17. The second kappa shape index (κ2) is 6.73. The zero-order valence-corrected chi connectivity index (χ0v) is 12.6. The molecule has 110 valence electrons. The third-order valence-electron chi connectivity index (χ3n) is 5.29. The Morgan fingerprint density at radius 2 is 1.95 bits per heavy atom. The molecule has 2 unspecified atom stereocenters. The van der Waals surface area contributed by atoms with Crippen LogP contribution in [0.1, 0.15) is 49.1 Å². The van der Waals surface area contributed by atoms with Crippen LogP contribution in [0, 0.1) is 11.8 Å². The Morgan fingerprint density at radius 1 is 1.15 bits per heavy atom. The molecule has 0 bridgehead atoms. The number of hydrogen-bond donors (Lipinski definition) is 1. The smallest absolute Gasteiger partial charge is 0.0715 e. The van der Waals surface area contributed by atoms with Crippen molar-refractivity contribution in [2.75, 3.05) is 20.2 Å². The maximum Gasteiger partial charge on any atom is 0.0715 e. The number of nitrogens with one attached hydrogen (secondary N) is 1. The first-order valence-electron chi connectivity index (χ1n) is 8.17. The molecule has 2 nitrogen and oxygen atoms in total. The minimum absolute atomic E-state index is 0.727. The van der Waals surface area contributed by atoms with Gasteiger partial charge in [0.1, 0.15) is 0 Å². The molecule has 0 radical (unpaired) electrons. The summed E-state index contributed by atoms with van der Waals surface area (Å²) in [6.45, 7) is 3.11. The fourth-order valence-electron chi connectivity index (χ4n) is 4.33. The van der Waals surface area contributed by atoms with Crippen LogP contribution < -0.4 is 5.32 Å². The molecule has 1 aromatic carbocycles. The van der Waals surface area contributed by atoms with Gasteiger partial charge in [-0.05, 0) is 48.4 Å². The van der Waals surface area contributed by atoms with Crippen molar-refractivity contribution in [1.82, 2.24) is 5.32 Å². The van der Waals surface area contributed by atoms with Crippen molar-refractivity contribution >= 4 is 0 Å². The van der Waals surface area contributed by atoms with E-state index >= 15 is 0 Å². The monoisotopic (exact) mass is 273 g/mol. The van der Waals surface area contributed by atoms with Crippen LogP contribution in [0.5, 0.6) is 0 Å².